The van der Waals surface area contributed by atoms with Crippen molar-refractivity contribution in [1.82, 2.24) is 10.2 Å². The van der Waals surface area contributed by atoms with E-state index in [2.05, 4.69) is 15.5 Å². The van der Waals surface area contributed by atoms with Gasteiger partial charge in [-0.15, -0.1) is 21.5 Å². The molecule has 1 N–H and O–H groups in total. The standard InChI is InChI=1S/C21H21N3O4S/c1-11-5-4-6-15(9-11)19-24-23-16(28-19)10-27-21(26)17-12(2)13(3)29-20(17)22-18(25)14-7-8-14/h4-6,9,14H,7-8,10H2,1-3H3,(H,22,25). The third-order valence-corrected chi connectivity index (χ3v) is 5.96. The summed E-state index contributed by atoms with van der Waals surface area (Å²) in [6, 6.07) is 7.71. The number of thiophene rings is 1. The molecule has 0 saturated heterocycles. The van der Waals surface area contributed by atoms with Crippen molar-refractivity contribution in [3.8, 4) is 11.5 Å². The molecule has 150 valence electrons. The Morgan fingerprint density at radius 1 is 1.24 bits per heavy atom. The van der Waals surface area contributed by atoms with Crippen LogP contribution in [-0.2, 0) is 16.1 Å². The molecule has 0 spiro atoms. The molecule has 2 heterocycles. The Bertz CT molecular complexity index is 1080. The Kier molecular flexibility index (Phi) is 5.19. The molecule has 29 heavy (non-hydrogen) atoms. The first-order valence-corrected chi connectivity index (χ1v) is 10.2. The monoisotopic (exact) mass is 411 g/mol. The summed E-state index contributed by atoms with van der Waals surface area (Å²) in [5.41, 5.74) is 3.08. The second kappa shape index (κ2) is 7.79. The first kappa shape index (κ1) is 19.3. The molecule has 0 unspecified atom stereocenters. The van der Waals surface area contributed by atoms with Gasteiger partial charge < -0.3 is 14.5 Å². The van der Waals surface area contributed by atoms with Crippen LogP contribution in [0.4, 0.5) is 5.00 Å². The summed E-state index contributed by atoms with van der Waals surface area (Å²) in [6.07, 6.45) is 1.80. The number of benzene rings is 1. The van der Waals surface area contributed by atoms with E-state index in [1.165, 1.54) is 11.3 Å². The average Bonchev–Trinajstić information content (AvgIpc) is 3.37. The molecule has 1 aliphatic carbocycles. The molecule has 2 aromatic heterocycles. The number of carbonyl (C=O) groups is 2. The average molecular weight is 411 g/mol. The Balaban J connectivity index is 1.45. The van der Waals surface area contributed by atoms with Crippen LogP contribution in [0.5, 0.6) is 0 Å². The van der Waals surface area contributed by atoms with E-state index in [1.54, 1.807) is 0 Å². The maximum absolute atomic E-state index is 12.7. The first-order valence-electron chi connectivity index (χ1n) is 9.39. The molecular weight excluding hydrogens is 390 g/mol. The highest BCUT2D eigenvalue weighted by atomic mass is 32.1. The van der Waals surface area contributed by atoms with Gasteiger partial charge in [0.15, 0.2) is 6.61 Å². The Hall–Kier alpha value is -3.00. The van der Waals surface area contributed by atoms with Crippen LogP contribution in [0.2, 0.25) is 0 Å². The summed E-state index contributed by atoms with van der Waals surface area (Å²) in [5.74, 6) is 0.0796. The summed E-state index contributed by atoms with van der Waals surface area (Å²) < 4.78 is 11.0. The van der Waals surface area contributed by atoms with E-state index < -0.39 is 5.97 Å². The fourth-order valence-corrected chi connectivity index (χ4v) is 3.98. The lowest BCUT2D eigenvalue weighted by Crippen LogP contribution is -2.16. The van der Waals surface area contributed by atoms with Gasteiger partial charge in [0.25, 0.3) is 5.89 Å². The molecule has 0 atom stereocenters. The minimum Gasteiger partial charge on any atom is -0.452 e. The molecular formula is C21H21N3O4S. The van der Waals surface area contributed by atoms with Crippen molar-refractivity contribution in [2.45, 2.75) is 40.2 Å². The lowest BCUT2D eigenvalue weighted by Gasteiger charge is -2.06. The van der Waals surface area contributed by atoms with Gasteiger partial charge in [0.1, 0.15) is 5.00 Å². The number of nitrogens with one attached hydrogen (secondary N) is 1. The maximum Gasteiger partial charge on any atom is 0.341 e. The van der Waals surface area contributed by atoms with E-state index in [-0.39, 0.29) is 24.3 Å². The zero-order chi connectivity index (χ0) is 20.5. The molecule has 7 nitrogen and oxygen atoms in total. The second-order valence-corrected chi connectivity index (χ2v) is 8.42. The second-order valence-electron chi connectivity index (χ2n) is 7.20. The van der Waals surface area contributed by atoms with Crippen molar-refractivity contribution in [2.75, 3.05) is 5.32 Å². The highest BCUT2D eigenvalue weighted by Gasteiger charge is 2.31. The summed E-state index contributed by atoms with van der Waals surface area (Å²) in [5, 5.41) is 11.4. The smallest absolute Gasteiger partial charge is 0.341 e. The normalized spacial score (nSPS) is 13.3. The van der Waals surface area contributed by atoms with Gasteiger partial charge in [0.05, 0.1) is 5.56 Å². The minimum atomic E-state index is -0.520. The number of hydrogen-bond donors (Lipinski definition) is 1. The van der Waals surface area contributed by atoms with Gasteiger partial charge in [-0.25, -0.2) is 4.79 Å². The zero-order valence-electron chi connectivity index (χ0n) is 16.4. The third kappa shape index (κ3) is 4.22. The lowest BCUT2D eigenvalue weighted by molar-refractivity contribution is -0.117. The zero-order valence-corrected chi connectivity index (χ0v) is 17.3. The topological polar surface area (TPSA) is 94.3 Å². The van der Waals surface area contributed by atoms with Gasteiger partial charge in [-0.05, 0) is 51.3 Å². The number of anilines is 1. The largest absolute Gasteiger partial charge is 0.452 e. The maximum atomic E-state index is 12.7. The molecule has 1 aromatic carbocycles. The van der Waals surface area contributed by atoms with Crippen LogP contribution >= 0.6 is 11.3 Å². The summed E-state index contributed by atoms with van der Waals surface area (Å²) in [7, 11) is 0. The summed E-state index contributed by atoms with van der Waals surface area (Å²) >= 11 is 1.38. The predicted molar refractivity (Wildman–Crippen MR) is 109 cm³/mol. The highest BCUT2D eigenvalue weighted by molar-refractivity contribution is 7.16. The van der Waals surface area contributed by atoms with E-state index in [1.807, 2.05) is 45.0 Å². The number of carbonyl (C=O) groups excluding carboxylic acids is 2. The number of aryl methyl sites for hydroxylation is 2. The van der Waals surface area contributed by atoms with Crippen molar-refractivity contribution >= 4 is 28.2 Å². The molecule has 1 saturated carbocycles. The van der Waals surface area contributed by atoms with Crippen molar-refractivity contribution in [3.63, 3.8) is 0 Å². The van der Waals surface area contributed by atoms with E-state index in [4.69, 9.17) is 9.15 Å². The summed E-state index contributed by atoms with van der Waals surface area (Å²) in [4.78, 5) is 25.8. The van der Waals surface area contributed by atoms with Gasteiger partial charge in [-0.2, -0.15) is 0 Å². The van der Waals surface area contributed by atoms with Crippen molar-refractivity contribution in [1.29, 1.82) is 0 Å². The Labute approximate surface area is 172 Å². The summed E-state index contributed by atoms with van der Waals surface area (Å²) in [6.45, 7) is 5.60. The predicted octanol–water partition coefficient (Wildman–Crippen LogP) is 4.43. The molecule has 1 fully saturated rings. The number of ether oxygens (including phenoxy) is 1. The van der Waals surface area contributed by atoms with Crippen molar-refractivity contribution in [3.05, 3.63) is 51.7 Å². The Morgan fingerprint density at radius 3 is 2.76 bits per heavy atom. The molecule has 0 bridgehead atoms. The van der Waals surface area contributed by atoms with Gasteiger partial charge in [0.2, 0.25) is 11.8 Å². The van der Waals surface area contributed by atoms with Gasteiger partial charge in [-0.3, -0.25) is 4.79 Å². The molecule has 1 aliphatic rings. The minimum absolute atomic E-state index is 0.0417. The van der Waals surface area contributed by atoms with E-state index >= 15 is 0 Å². The van der Waals surface area contributed by atoms with E-state index in [9.17, 15) is 9.59 Å². The van der Waals surface area contributed by atoms with Crippen molar-refractivity contribution in [2.24, 2.45) is 5.92 Å². The van der Waals surface area contributed by atoms with E-state index in [0.717, 1.165) is 34.4 Å². The van der Waals surface area contributed by atoms with Crippen LogP contribution in [-0.4, -0.2) is 22.1 Å². The van der Waals surface area contributed by atoms with Gasteiger partial charge in [-0.1, -0.05) is 17.7 Å². The number of hydrogen-bond acceptors (Lipinski definition) is 7. The molecule has 1 amide bonds. The van der Waals surface area contributed by atoms with Crippen LogP contribution in [0, 0.1) is 26.7 Å². The lowest BCUT2D eigenvalue weighted by atomic mass is 10.1. The van der Waals surface area contributed by atoms with Crippen LogP contribution in [0.3, 0.4) is 0 Å². The number of amides is 1. The number of nitrogens with zero attached hydrogens (tertiary/aromatic N) is 2. The number of esters is 1. The number of rotatable bonds is 6. The van der Waals surface area contributed by atoms with Crippen LogP contribution in [0.25, 0.3) is 11.5 Å². The quantitative estimate of drug-likeness (QED) is 0.603. The highest BCUT2D eigenvalue weighted by Crippen LogP contribution is 2.36. The molecule has 8 heteroatoms. The molecule has 0 aliphatic heterocycles. The van der Waals surface area contributed by atoms with Crippen LogP contribution in [0.1, 0.15) is 45.1 Å². The fraction of sp³-hybridized carbons (Fsp3) is 0.333. The van der Waals surface area contributed by atoms with Crippen molar-refractivity contribution < 1.29 is 18.7 Å². The number of aromatic nitrogens is 2. The van der Waals surface area contributed by atoms with Crippen LogP contribution in [0.15, 0.2) is 28.7 Å². The molecule has 0 radical (unpaired) electrons. The third-order valence-electron chi connectivity index (χ3n) is 4.83. The fourth-order valence-electron chi connectivity index (χ4n) is 2.93. The first-order chi connectivity index (χ1) is 13.9. The van der Waals surface area contributed by atoms with Gasteiger partial charge in [0, 0.05) is 16.4 Å². The van der Waals surface area contributed by atoms with E-state index in [0.29, 0.717) is 16.5 Å². The van der Waals surface area contributed by atoms with Crippen LogP contribution < -0.4 is 5.32 Å². The molecule has 3 aromatic rings. The SMILES string of the molecule is Cc1cccc(-c2nnc(COC(=O)c3c(NC(=O)C4CC4)sc(C)c3C)o2)c1. The Morgan fingerprint density at radius 2 is 2.03 bits per heavy atom. The van der Waals surface area contributed by atoms with Gasteiger partial charge >= 0.3 is 5.97 Å². The molecule has 4 rings (SSSR count).